The molecule has 7 heteroatoms. The Labute approximate surface area is 319 Å². The molecule has 0 aliphatic carbocycles. The summed E-state index contributed by atoms with van der Waals surface area (Å²) in [4.78, 5) is 37.9. The molecule has 0 fully saturated rings. The minimum absolute atomic E-state index is 0.0425. The average Bonchev–Trinajstić information content (AvgIpc) is 3.10. The van der Waals surface area contributed by atoms with E-state index in [-0.39, 0.29) is 24.1 Å². The van der Waals surface area contributed by atoms with E-state index in [1.807, 2.05) is 23.5 Å². The lowest BCUT2D eigenvalue weighted by molar-refractivity contribution is -0.149. The number of Topliss-reactive ketones (excluding diaryl/α,β-unsaturated/α-hetero) is 1. The fourth-order valence-corrected chi connectivity index (χ4v) is 8.29. The Morgan fingerprint density at radius 3 is 1.10 bits per heavy atom. The Kier molecular flexibility index (Phi) is 39.0. The van der Waals surface area contributed by atoms with Crippen molar-refractivity contribution < 1.29 is 23.9 Å². The van der Waals surface area contributed by atoms with Crippen LogP contribution in [-0.2, 0) is 23.9 Å². The van der Waals surface area contributed by atoms with Crippen molar-refractivity contribution in [1.29, 1.82) is 0 Å². The lowest BCUT2D eigenvalue weighted by Crippen LogP contribution is -2.21. The molecule has 0 rings (SSSR count). The van der Waals surface area contributed by atoms with Crippen LogP contribution in [0.5, 0.6) is 0 Å². The number of ether oxygens (including phenoxy) is 2. The first kappa shape index (κ1) is 49.3. The molecule has 0 heterocycles. The molecule has 0 aromatic rings. The van der Waals surface area contributed by atoms with Crippen LogP contribution in [0.4, 0.5) is 0 Å². The molecule has 5 nitrogen and oxygen atoms in total. The zero-order valence-corrected chi connectivity index (χ0v) is 35.2. The molecule has 0 saturated carbocycles. The summed E-state index contributed by atoms with van der Waals surface area (Å²) < 4.78 is 11.9. The highest BCUT2D eigenvalue weighted by molar-refractivity contribution is 7.99. The summed E-state index contributed by atoms with van der Waals surface area (Å²) in [5.41, 5.74) is 0. The van der Waals surface area contributed by atoms with E-state index in [0.717, 1.165) is 87.2 Å². The van der Waals surface area contributed by atoms with Gasteiger partial charge in [-0.1, -0.05) is 130 Å². The Hall–Kier alpha value is -0.690. The summed E-state index contributed by atoms with van der Waals surface area (Å²) in [6, 6.07) is 0. The lowest BCUT2D eigenvalue weighted by atomic mass is 10.0. The highest BCUT2D eigenvalue weighted by Crippen LogP contribution is 2.20. The third-order valence-electron chi connectivity index (χ3n) is 9.42. The number of hydrogen-bond donors (Lipinski definition) is 0. The number of hydrogen-bond acceptors (Lipinski definition) is 7. The first-order valence-corrected chi connectivity index (χ1v) is 23.8. The molecule has 2 atom stereocenters. The molecule has 0 aliphatic heterocycles. The van der Waals surface area contributed by atoms with E-state index in [1.54, 1.807) is 0 Å². The van der Waals surface area contributed by atoms with Crippen LogP contribution in [0.15, 0.2) is 0 Å². The van der Waals surface area contributed by atoms with E-state index in [2.05, 4.69) is 27.7 Å². The SMILES string of the molecule is CCCCCCCCCC(=O)OC(CCCCC(=O)CCCCC(CSCCCCC)OC(=O)CCCCCCCCC)CSCCCCC. The quantitative estimate of drug-likeness (QED) is 0.0457. The molecule has 0 radical (unpaired) electrons. The van der Waals surface area contributed by atoms with Crippen LogP contribution in [0.3, 0.4) is 0 Å². The van der Waals surface area contributed by atoms with Gasteiger partial charge in [0.15, 0.2) is 0 Å². The number of esters is 2. The van der Waals surface area contributed by atoms with Gasteiger partial charge in [0.05, 0.1) is 0 Å². The predicted octanol–water partition coefficient (Wildman–Crippen LogP) is 13.6. The predicted molar refractivity (Wildman–Crippen MR) is 221 cm³/mol. The normalized spacial score (nSPS) is 12.6. The topological polar surface area (TPSA) is 69.7 Å². The van der Waals surface area contributed by atoms with Gasteiger partial charge in [0.25, 0.3) is 0 Å². The first-order chi connectivity index (χ1) is 24.5. The molecule has 0 aliphatic rings. The molecular formula is C43H82O5S2. The van der Waals surface area contributed by atoms with Crippen molar-refractivity contribution in [3.63, 3.8) is 0 Å². The van der Waals surface area contributed by atoms with E-state index in [4.69, 9.17) is 9.47 Å². The summed E-state index contributed by atoms with van der Waals surface area (Å²) in [6.45, 7) is 8.92. The molecule has 0 spiro atoms. The number of unbranched alkanes of at least 4 members (excludes halogenated alkanes) is 18. The summed E-state index contributed by atoms with van der Waals surface area (Å²) in [7, 11) is 0. The number of carbonyl (C=O) groups is 3. The van der Waals surface area contributed by atoms with Crippen molar-refractivity contribution in [3.8, 4) is 0 Å². The minimum atomic E-state index is -0.0464. The van der Waals surface area contributed by atoms with Gasteiger partial charge >= 0.3 is 11.9 Å². The van der Waals surface area contributed by atoms with Crippen LogP contribution in [0.1, 0.15) is 220 Å². The smallest absolute Gasteiger partial charge is 0.306 e. The summed E-state index contributed by atoms with van der Waals surface area (Å²) in [5, 5.41) is 0. The fourth-order valence-electron chi connectivity index (χ4n) is 6.15. The van der Waals surface area contributed by atoms with E-state index in [1.165, 1.54) is 103 Å². The molecule has 2 unspecified atom stereocenters. The summed E-state index contributed by atoms with van der Waals surface area (Å²) >= 11 is 3.81. The molecule has 0 amide bonds. The first-order valence-electron chi connectivity index (χ1n) is 21.5. The molecular weight excluding hydrogens is 661 g/mol. The van der Waals surface area contributed by atoms with Gasteiger partial charge in [-0.2, -0.15) is 23.5 Å². The standard InChI is InChI=1S/C43H82O5S2/c1-5-9-13-15-17-19-21-33-42(45)47-40(37-49-35-27-11-7-3)31-25-23-29-39(44)30-24-26-32-41(38-50-36-28-12-8-4)48-43(46)34-22-20-18-16-14-10-6-2/h40-41H,5-38H2,1-4H3. The number of ketones is 1. The van der Waals surface area contributed by atoms with Gasteiger partial charge in [-0.05, 0) is 75.7 Å². The van der Waals surface area contributed by atoms with Gasteiger partial charge in [-0.25, -0.2) is 0 Å². The minimum Gasteiger partial charge on any atom is -0.461 e. The molecule has 0 saturated heterocycles. The molecule has 0 N–H and O–H groups in total. The van der Waals surface area contributed by atoms with Crippen LogP contribution < -0.4 is 0 Å². The van der Waals surface area contributed by atoms with E-state index >= 15 is 0 Å². The van der Waals surface area contributed by atoms with Crippen LogP contribution >= 0.6 is 23.5 Å². The maximum atomic E-state index is 12.7. The van der Waals surface area contributed by atoms with E-state index < -0.39 is 0 Å². The van der Waals surface area contributed by atoms with Gasteiger partial charge in [0.1, 0.15) is 18.0 Å². The monoisotopic (exact) mass is 743 g/mol. The van der Waals surface area contributed by atoms with Crippen molar-refractivity contribution in [2.75, 3.05) is 23.0 Å². The second-order valence-electron chi connectivity index (χ2n) is 14.6. The summed E-state index contributed by atoms with van der Waals surface area (Å²) in [6.07, 6.45) is 31.6. The third-order valence-corrected chi connectivity index (χ3v) is 11.8. The number of carbonyl (C=O) groups excluding carboxylic acids is 3. The molecule has 296 valence electrons. The maximum absolute atomic E-state index is 12.7. The molecule has 0 aromatic carbocycles. The van der Waals surface area contributed by atoms with Crippen molar-refractivity contribution in [2.24, 2.45) is 0 Å². The summed E-state index contributed by atoms with van der Waals surface area (Å²) in [5.74, 6) is 4.20. The van der Waals surface area contributed by atoms with Gasteiger partial charge < -0.3 is 9.47 Å². The average molecular weight is 743 g/mol. The van der Waals surface area contributed by atoms with E-state index in [9.17, 15) is 14.4 Å². The van der Waals surface area contributed by atoms with Gasteiger partial charge in [0, 0.05) is 37.2 Å². The van der Waals surface area contributed by atoms with Crippen molar-refractivity contribution >= 4 is 41.2 Å². The number of rotatable bonds is 40. The second kappa shape index (κ2) is 39.5. The van der Waals surface area contributed by atoms with Crippen LogP contribution in [-0.4, -0.2) is 52.9 Å². The fraction of sp³-hybridized carbons (Fsp3) is 0.930. The van der Waals surface area contributed by atoms with Gasteiger partial charge in [-0.15, -0.1) is 0 Å². The maximum Gasteiger partial charge on any atom is 0.306 e. The Morgan fingerprint density at radius 2 is 0.720 bits per heavy atom. The Bertz CT molecular complexity index is 702. The van der Waals surface area contributed by atoms with Crippen molar-refractivity contribution in [3.05, 3.63) is 0 Å². The van der Waals surface area contributed by atoms with Gasteiger partial charge in [-0.3, -0.25) is 14.4 Å². The molecule has 50 heavy (non-hydrogen) atoms. The van der Waals surface area contributed by atoms with Crippen LogP contribution in [0.25, 0.3) is 0 Å². The number of thioether (sulfide) groups is 2. The second-order valence-corrected chi connectivity index (χ2v) is 16.9. The van der Waals surface area contributed by atoms with Gasteiger partial charge in [0.2, 0.25) is 0 Å². The zero-order valence-electron chi connectivity index (χ0n) is 33.6. The third kappa shape index (κ3) is 35.7. The Morgan fingerprint density at radius 1 is 0.400 bits per heavy atom. The zero-order chi connectivity index (χ0) is 36.8. The van der Waals surface area contributed by atoms with Crippen LogP contribution in [0.2, 0.25) is 0 Å². The highest BCUT2D eigenvalue weighted by Gasteiger charge is 2.17. The van der Waals surface area contributed by atoms with E-state index in [0.29, 0.717) is 31.5 Å². The largest absolute Gasteiger partial charge is 0.461 e. The van der Waals surface area contributed by atoms with Crippen molar-refractivity contribution in [2.45, 2.75) is 233 Å². The highest BCUT2D eigenvalue weighted by atomic mass is 32.2. The van der Waals surface area contributed by atoms with Crippen LogP contribution in [0, 0.1) is 0 Å². The van der Waals surface area contributed by atoms with Crippen molar-refractivity contribution in [1.82, 2.24) is 0 Å². The molecule has 0 aromatic heterocycles. The lowest BCUT2D eigenvalue weighted by Gasteiger charge is -2.18. The molecule has 0 bridgehead atoms. The Balaban J connectivity index is 4.44.